The number of nitrogens with zero attached hydrogens (tertiary/aromatic N) is 1. The van der Waals surface area contributed by atoms with Crippen LogP contribution in [-0.4, -0.2) is 27.9 Å². The lowest BCUT2D eigenvalue weighted by atomic mass is 10.2. The van der Waals surface area contributed by atoms with Crippen molar-refractivity contribution in [1.29, 1.82) is 0 Å². The van der Waals surface area contributed by atoms with E-state index in [2.05, 4.69) is 15.3 Å². The first-order valence-corrected chi connectivity index (χ1v) is 10.2. The first-order valence-electron chi connectivity index (χ1n) is 9.43. The number of hydrogen-bond acceptors (Lipinski definition) is 4. The predicted molar refractivity (Wildman–Crippen MR) is 121 cm³/mol. The zero-order valence-corrected chi connectivity index (χ0v) is 17.9. The summed E-state index contributed by atoms with van der Waals surface area (Å²) >= 11 is 12.0. The van der Waals surface area contributed by atoms with Crippen LogP contribution < -0.4 is 5.32 Å². The van der Waals surface area contributed by atoms with E-state index in [9.17, 15) is 9.59 Å². The molecule has 0 radical (unpaired) electrons. The maximum Gasteiger partial charge on any atom is 0.338 e. The van der Waals surface area contributed by atoms with Gasteiger partial charge in [0, 0.05) is 5.56 Å². The van der Waals surface area contributed by atoms with E-state index in [4.69, 9.17) is 27.9 Å². The number of hydrogen-bond donors (Lipinski definition) is 2. The van der Waals surface area contributed by atoms with Gasteiger partial charge in [0.15, 0.2) is 6.10 Å². The average Bonchev–Trinajstić information content (AvgIpc) is 3.21. The fourth-order valence-corrected chi connectivity index (χ4v) is 3.33. The van der Waals surface area contributed by atoms with Gasteiger partial charge in [0.05, 0.1) is 32.3 Å². The topological polar surface area (TPSA) is 84.1 Å². The molecule has 1 amide bonds. The van der Waals surface area contributed by atoms with Crippen molar-refractivity contribution >= 4 is 51.8 Å². The third-order valence-electron chi connectivity index (χ3n) is 4.63. The van der Waals surface area contributed by atoms with Gasteiger partial charge in [-0.05, 0) is 37.3 Å². The van der Waals surface area contributed by atoms with Crippen LogP contribution in [0.5, 0.6) is 0 Å². The molecule has 1 aromatic heterocycles. The Bertz CT molecular complexity index is 1270. The number of carbonyl (C=O) groups excluding carboxylic acids is 2. The van der Waals surface area contributed by atoms with Crippen molar-refractivity contribution in [2.24, 2.45) is 0 Å². The third kappa shape index (κ3) is 4.55. The van der Waals surface area contributed by atoms with Crippen molar-refractivity contribution in [2.45, 2.75) is 13.0 Å². The molecule has 4 aromatic rings. The van der Waals surface area contributed by atoms with Crippen LogP contribution in [0.2, 0.25) is 10.0 Å². The highest BCUT2D eigenvalue weighted by molar-refractivity contribution is 6.44. The molecule has 0 aliphatic heterocycles. The molecular formula is C23H17Cl2N3O3. The van der Waals surface area contributed by atoms with Crippen LogP contribution >= 0.6 is 23.2 Å². The third-order valence-corrected chi connectivity index (χ3v) is 5.45. The van der Waals surface area contributed by atoms with Crippen molar-refractivity contribution in [2.75, 3.05) is 5.32 Å². The number of benzene rings is 3. The van der Waals surface area contributed by atoms with E-state index in [0.717, 1.165) is 11.1 Å². The zero-order valence-electron chi connectivity index (χ0n) is 16.4. The van der Waals surface area contributed by atoms with Crippen LogP contribution in [0.1, 0.15) is 17.3 Å². The highest BCUT2D eigenvalue weighted by atomic mass is 35.5. The second kappa shape index (κ2) is 8.79. The summed E-state index contributed by atoms with van der Waals surface area (Å²) in [5.41, 5.74) is 2.99. The molecule has 0 saturated carbocycles. The van der Waals surface area contributed by atoms with Gasteiger partial charge in [-0.15, -0.1) is 0 Å². The minimum absolute atomic E-state index is 0.218. The predicted octanol–water partition coefficient (Wildman–Crippen LogP) is 5.72. The van der Waals surface area contributed by atoms with Gasteiger partial charge in [-0.3, -0.25) is 4.79 Å². The second-order valence-corrected chi connectivity index (χ2v) is 7.61. The molecule has 8 heteroatoms. The number of carbonyl (C=O) groups is 2. The van der Waals surface area contributed by atoms with Gasteiger partial charge in [0.2, 0.25) is 0 Å². The Kier molecular flexibility index (Phi) is 5.93. The molecule has 0 saturated heterocycles. The first kappa shape index (κ1) is 20.9. The SMILES string of the molecule is CC(OC(=O)c1ccc2nc(-c3ccccc3)[nH]c2c1)C(=O)Nc1cccc(Cl)c1Cl. The standard InChI is InChI=1S/C23H17Cl2N3O3/c1-13(22(29)28-18-9-5-8-16(24)20(18)25)31-23(30)15-10-11-17-19(12-15)27-21(26-17)14-6-3-2-4-7-14/h2-13H,1H3,(H,26,27)(H,28,29). The molecule has 1 unspecified atom stereocenters. The summed E-state index contributed by atoms with van der Waals surface area (Å²) in [6.07, 6.45) is -1.04. The summed E-state index contributed by atoms with van der Waals surface area (Å²) < 4.78 is 5.32. The van der Waals surface area contributed by atoms with Crippen LogP contribution in [0.25, 0.3) is 22.4 Å². The van der Waals surface area contributed by atoms with Crippen molar-refractivity contribution < 1.29 is 14.3 Å². The lowest BCUT2D eigenvalue weighted by molar-refractivity contribution is -0.123. The number of esters is 1. The summed E-state index contributed by atoms with van der Waals surface area (Å²) in [5, 5.41) is 3.14. The Labute approximate surface area is 188 Å². The van der Waals surface area contributed by atoms with Crippen LogP contribution in [-0.2, 0) is 9.53 Å². The maximum absolute atomic E-state index is 12.6. The summed E-state index contributed by atoms with van der Waals surface area (Å²) in [6.45, 7) is 1.48. The van der Waals surface area contributed by atoms with Crippen molar-refractivity contribution in [3.8, 4) is 11.4 Å². The van der Waals surface area contributed by atoms with E-state index in [1.54, 1.807) is 36.4 Å². The van der Waals surface area contributed by atoms with Crippen molar-refractivity contribution in [1.82, 2.24) is 9.97 Å². The van der Waals surface area contributed by atoms with Crippen LogP contribution in [0, 0.1) is 0 Å². The summed E-state index contributed by atoms with van der Waals surface area (Å²) in [5.74, 6) is -0.448. The van der Waals surface area contributed by atoms with Gasteiger partial charge in [0.1, 0.15) is 5.82 Å². The molecule has 1 heterocycles. The second-order valence-electron chi connectivity index (χ2n) is 6.82. The van der Waals surface area contributed by atoms with Crippen LogP contribution in [0.4, 0.5) is 5.69 Å². The summed E-state index contributed by atoms with van der Waals surface area (Å²) in [4.78, 5) is 32.7. The quantitative estimate of drug-likeness (QED) is 0.378. The fourth-order valence-electron chi connectivity index (χ4n) is 2.99. The van der Waals surface area contributed by atoms with Gasteiger partial charge < -0.3 is 15.0 Å². The van der Waals surface area contributed by atoms with Crippen molar-refractivity contribution in [3.05, 3.63) is 82.3 Å². The van der Waals surface area contributed by atoms with Crippen molar-refractivity contribution in [3.63, 3.8) is 0 Å². The van der Waals surface area contributed by atoms with Crippen LogP contribution in [0.15, 0.2) is 66.7 Å². The number of rotatable bonds is 5. The number of amides is 1. The molecule has 4 rings (SSSR count). The molecule has 0 spiro atoms. The van der Waals surface area contributed by atoms with E-state index >= 15 is 0 Å². The zero-order chi connectivity index (χ0) is 22.0. The molecule has 0 aliphatic rings. The lowest BCUT2D eigenvalue weighted by Gasteiger charge is -2.14. The van der Waals surface area contributed by atoms with Crippen LogP contribution in [0.3, 0.4) is 0 Å². The lowest BCUT2D eigenvalue weighted by Crippen LogP contribution is -2.30. The number of anilines is 1. The highest BCUT2D eigenvalue weighted by Crippen LogP contribution is 2.29. The fraction of sp³-hybridized carbons (Fsp3) is 0.0870. The largest absolute Gasteiger partial charge is 0.449 e. The number of halogens is 2. The minimum atomic E-state index is -1.04. The Hall–Kier alpha value is -3.35. The molecule has 3 aromatic carbocycles. The van der Waals surface area contributed by atoms with Gasteiger partial charge in [0.25, 0.3) is 5.91 Å². The Morgan fingerprint density at radius 1 is 1.03 bits per heavy atom. The average molecular weight is 454 g/mol. The number of aromatic amines is 1. The molecule has 31 heavy (non-hydrogen) atoms. The molecule has 2 N–H and O–H groups in total. The van der Waals surface area contributed by atoms with Gasteiger partial charge in [-0.2, -0.15) is 0 Å². The number of imidazole rings is 1. The summed E-state index contributed by atoms with van der Waals surface area (Å²) in [7, 11) is 0. The molecular weight excluding hydrogens is 437 g/mol. The number of ether oxygens (including phenoxy) is 1. The molecule has 6 nitrogen and oxygen atoms in total. The molecule has 156 valence electrons. The number of H-pyrrole nitrogens is 1. The number of fused-ring (bicyclic) bond motifs is 1. The monoisotopic (exact) mass is 453 g/mol. The first-order chi connectivity index (χ1) is 14.9. The van der Waals surface area contributed by atoms with Gasteiger partial charge in [-0.25, -0.2) is 9.78 Å². The molecule has 0 bridgehead atoms. The Balaban J connectivity index is 1.47. The number of nitrogens with one attached hydrogen (secondary N) is 2. The molecule has 0 fully saturated rings. The Morgan fingerprint density at radius 2 is 1.81 bits per heavy atom. The maximum atomic E-state index is 12.6. The van der Waals surface area contributed by atoms with E-state index in [1.807, 2.05) is 30.3 Å². The molecule has 0 aliphatic carbocycles. The highest BCUT2D eigenvalue weighted by Gasteiger charge is 2.21. The smallest absolute Gasteiger partial charge is 0.338 e. The molecule has 1 atom stereocenters. The Morgan fingerprint density at radius 3 is 2.58 bits per heavy atom. The summed E-state index contributed by atoms with van der Waals surface area (Å²) in [6, 6.07) is 19.5. The van der Waals surface area contributed by atoms with Gasteiger partial charge in [-0.1, -0.05) is 59.6 Å². The minimum Gasteiger partial charge on any atom is -0.449 e. The van der Waals surface area contributed by atoms with E-state index in [-0.39, 0.29) is 5.02 Å². The van der Waals surface area contributed by atoms with E-state index in [0.29, 0.717) is 27.6 Å². The van der Waals surface area contributed by atoms with Gasteiger partial charge >= 0.3 is 5.97 Å². The normalized spacial score (nSPS) is 11.8. The van der Waals surface area contributed by atoms with E-state index in [1.165, 1.54) is 6.92 Å². The van der Waals surface area contributed by atoms with E-state index < -0.39 is 18.0 Å². The number of aromatic nitrogens is 2.